The number of carbonyl (C=O) groups excluding carboxylic acids is 1. The normalized spacial score (nSPS) is 20.2. The van der Waals surface area contributed by atoms with Crippen LogP contribution in [0.5, 0.6) is 0 Å². The average Bonchev–Trinajstić information content (AvgIpc) is 3.00. The summed E-state index contributed by atoms with van der Waals surface area (Å²) in [5.74, 6) is 1.08. The van der Waals surface area contributed by atoms with Gasteiger partial charge in [0.15, 0.2) is 0 Å². The van der Waals surface area contributed by atoms with Crippen LogP contribution in [0.3, 0.4) is 0 Å². The predicted molar refractivity (Wildman–Crippen MR) is 61.4 cm³/mol. The van der Waals surface area contributed by atoms with Gasteiger partial charge in [0, 0.05) is 6.54 Å². The molecule has 7 heteroatoms. The third kappa shape index (κ3) is 2.06. The minimum absolute atomic E-state index is 0.0146. The van der Waals surface area contributed by atoms with Crippen molar-refractivity contribution in [3.05, 3.63) is 23.4 Å². The van der Waals surface area contributed by atoms with E-state index in [2.05, 4.69) is 20.8 Å². The molecular formula is C10H10N4O2S. The molecule has 1 aliphatic heterocycles. The Hall–Kier alpha value is -1.73. The van der Waals surface area contributed by atoms with E-state index in [-0.39, 0.29) is 18.5 Å². The molecule has 2 aromatic heterocycles. The first kappa shape index (κ1) is 10.4. The van der Waals surface area contributed by atoms with Gasteiger partial charge in [0.05, 0.1) is 11.4 Å². The van der Waals surface area contributed by atoms with Crippen molar-refractivity contribution in [3.8, 4) is 10.7 Å². The molecule has 0 aromatic carbocycles. The van der Waals surface area contributed by atoms with Crippen LogP contribution in [0.15, 0.2) is 22.0 Å². The molecule has 3 rings (SSSR count). The molecule has 88 valence electrons. The van der Waals surface area contributed by atoms with Crippen molar-refractivity contribution in [1.29, 1.82) is 0 Å². The monoisotopic (exact) mass is 250 g/mol. The van der Waals surface area contributed by atoms with Crippen LogP contribution in [0.4, 0.5) is 0 Å². The van der Waals surface area contributed by atoms with Gasteiger partial charge >= 0.3 is 0 Å². The molecule has 1 amide bonds. The van der Waals surface area contributed by atoms with Crippen LogP contribution in [-0.2, 0) is 4.79 Å². The van der Waals surface area contributed by atoms with E-state index >= 15 is 0 Å². The van der Waals surface area contributed by atoms with Gasteiger partial charge in [-0.15, -0.1) is 11.3 Å². The number of hydrogen-bond acceptors (Lipinski definition) is 6. The topological polar surface area (TPSA) is 80.1 Å². The summed E-state index contributed by atoms with van der Waals surface area (Å²) in [6, 6.07) is 3.78. The second-order valence-corrected chi connectivity index (χ2v) is 4.62. The van der Waals surface area contributed by atoms with Gasteiger partial charge in [-0.2, -0.15) is 4.98 Å². The molecule has 3 heterocycles. The molecule has 2 aromatic rings. The minimum atomic E-state index is -0.103. The first-order valence-electron chi connectivity index (χ1n) is 5.20. The maximum absolute atomic E-state index is 11.0. The van der Waals surface area contributed by atoms with Crippen LogP contribution >= 0.6 is 11.3 Å². The second-order valence-electron chi connectivity index (χ2n) is 3.67. The van der Waals surface area contributed by atoms with Crippen molar-refractivity contribution in [1.82, 2.24) is 20.8 Å². The smallest absolute Gasteiger partial charge is 0.245 e. The lowest BCUT2D eigenvalue weighted by Crippen LogP contribution is -2.47. The summed E-state index contributed by atoms with van der Waals surface area (Å²) in [5, 5.41) is 11.7. The molecule has 0 radical (unpaired) electrons. The van der Waals surface area contributed by atoms with Crippen molar-refractivity contribution in [3.63, 3.8) is 0 Å². The number of thiophene rings is 1. The van der Waals surface area contributed by atoms with Gasteiger partial charge in [0.1, 0.15) is 6.04 Å². The highest BCUT2D eigenvalue weighted by atomic mass is 32.1. The van der Waals surface area contributed by atoms with E-state index in [0.717, 1.165) is 4.88 Å². The fraction of sp³-hybridized carbons (Fsp3) is 0.300. The van der Waals surface area contributed by atoms with E-state index in [1.165, 1.54) is 0 Å². The number of carbonyl (C=O) groups is 1. The zero-order chi connectivity index (χ0) is 11.7. The van der Waals surface area contributed by atoms with Crippen LogP contribution in [0.25, 0.3) is 10.7 Å². The Balaban J connectivity index is 1.79. The first-order chi connectivity index (χ1) is 8.33. The highest BCUT2D eigenvalue weighted by molar-refractivity contribution is 7.13. The largest absolute Gasteiger partial charge is 0.353 e. The highest BCUT2D eigenvalue weighted by Gasteiger charge is 2.24. The Labute approximate surface area is 101 Å². The average molecular weight is 250 g/mol. The maximum atomic E-state index is 11.0. The summed E-state index contributed by atoms with van der Waals surface area (Å²) < 4.78 is 5.19. The zero-order valence-electron chi connectivity index (χ0n) is 8.84. The Bertz CT molecular complexity index is 512. The first-order valence-corrected chi connectivity index (χ1v) is 6.08. The Morgan fingerprint density at radius 1 is 1.53 bits per heavy atom. The third-order valence-corrected chi connectivity index (χ3v) is 3.36. The van der Waals surface area contributed by atoms with Crippen LogP contribution < -0.4 is 10.6 Å². The number of nitrogens with zero attached hydrogens (tertiary/aromatic N) is 2. The molecule has 1 unspecified atom stereocenters. The molecule has 0 aliphatic carbocycles. The summed E-state index contributed by atoms with van der Waals surface area (Å²) in [6.07, 6.45) is 0. The molecule has 0 bridgehead atoms. The van der Waals surface area contributed by atoms with Crippen LogP contribution in [-0.4, -0.2) is 29.1 Å². The van der Waals surface area contributed by atoms with Crippen LogP contribution in [0.1, 0.15) is 11.9 Å². The number of rotatable bonds is 2. The standard InChI is InChI=1S/C10H10N4O2S/c15-8-5-11-6(4-12-8)10-13-9(14-16-10)7-2-1-3-17-7/h1-3,6,11H,4-5H2,(H,12,15). The van der Waals surface area contributed by atoms with Gasteiger partial charge in [-0.1, -0.05) is 11.2 Å². The SMILES string of the molecule is O=C1CNC(c2nc(-c3cccs3)no2)CN1. The van der Waals surface area contributed by atoms with E-state index < -0.39 is 0 Å². The van der Waals surface area contributed by atoms with Crippen molar-refractivity contribution >= 4 is 17.2 Å². The number of amides is 1. The van der Waals surface area contributed by atoms with Crippen LogP contribution in [0, 0.1) is 0 Å². The Morgan fingerprint density at radius 3 is 3.18 bits per heavy atom. The molecule has 0 spiro atoms. The van der Waals surface area contributed by atoms with E-state index in [0.29, 0.717) is 18.3 Å². The lowest BCUT2D eigenvalue weighted by atomic mass is 10.2. The van der Waals surface area contributed by atoms with E-state index in [9.17, 15) is 4.79 Å². The van der Waals surface area contributed by atoms with Crippen molar-refractivity contribution in [2.75, 3.05) is 13.1 Å². The Kier molecular flexibility index (Phi) is 2.62. The molecule has 6 nitrogen and oxygen atoms in total. The summed E-state index contributed by atoms with van der Waals surface area (Å²) >= 11 is 1.56. The summed E-state index contributed by atoms with van der Waals surface area (Å²) in [6.45, 7) is 0.756. The molecule has 1 fully saturated rings. The van der Waals surface area contributed by atoms with Gasteiger partial charge in [-0.05, 0) is 11.4 Å². The van der Waals surface area contributed by atoms with Crippen molar-refractivity contribution < 1.29 is 9.32 Å². The van der Waals surface area contributed by atoms with Crippen molar-refractivity contribution in [2.24, 2.45) is 0 Å². The Morgan fingerprint density at radius 2 is 2.47 bits per heavy atom. The third-order valence-electron chi connectivity index (χ3n) is 2.49. The van der Waals surface area contributed by atoms with E-state index in [4.69, 9.17) is 4.52 Å². The van der Waals surface area contributed by atoms with E-state index in [1.54, 1.807) is 11.3 Å². The van der Waals surface area contributed by atoms with Gasteiger partial charge in [0.2, 0.25) is 17.6 Å². The highest BCUT2D eigenvalue weighted by Crippen LogP contribution is 2.23. The van der Waals surface area contributed by atoms with Gasteiger partial charge in [-0.3, -0.25) is 10.1 Å². The molecule has 17 heavy (non-hydrogen) atoms. The summed E-state index contributed by atoms with van der Waals surface area (Å²) in [5.41, 5.74) is 0. The molecular weight excluding hydrogens is 240 g/mol. The van der Waals surface area contributed by atoms with Crippen LogP contribution in [0.2, 0.25) is 0 Å². The van der Waals surface area contributed by atoms with Gasteiger partial charge in [-0.25, -0.2) is 0 Å². The molecule has 1 saturated heterocycles. The minimum Gasteiger partial charge on any atom is -0.353 e. The number of aromatic nitrogens is 2. The van der Waals surface area contributed by atoms with Crippen molar-refractivity contribution in [2.45, 2.75) is 6.04 Å². The maximum Gasteiger partial charge on any atom is 0.245 e. The fourth-order valence-electron chi connectivity index (χ4n) is 1.62. The van der Waals surface area contributed by atoms with Gasteiger partial charge < -0.3 is 9.84 Å². The molecule has 1 atom stereocenters. The zero-order valence-corrected chi connectivity index (χ0v) is 9.66. The molecule has 2 N–H and O–H groups in total. The summed E-state index contributed by atoms with van der Waals surface area (Å²) in [4.78, 5) is 16.3. The quantitative estimate of drug-likeness (QED) is 0.814. The van der Waals surface area contributed by atoms with Gasteiger partial charge in [0.25, 0.3) is 0 Å². The number of piperazine rings is 1. The fourth-order valence-corrected chi connectivity index (χ4v) is 2.27. The lowest BCUT2D eigenvalue weighted by molar-refractivity contribution is -0.121. The second kappa shape index (κ2) is 4.27. The summed E-state index contributed by atoms with van der Waals surface area (Å²) in [7, 11) is 0. The molecule has 1 aliphatic rings. The predicted octanol–water partition coefficient (Wildman–Crippen LogP) is 0.559. The lowest BCUT2D eigenvalue weighted by Gasteiger charge is -2.20. The number of nitrogens with one attached hydrogen (secondary N) is 2. The van der Waals surface area contributed by atoms with E-state index in [1.807, 2.05) is 17.5 Å². The molecule has 0 saturated carbocycles. The number of hydrogen-bond donors (Lipinski definition) is 2.